The van der Waals surface area contributed by atoms with Crippen LogP contribution in [0.4, 0.5) is 17.1 Å². The molecule has 0 saturated heterocycles. The first-order valence-corrected chi connectivity index (χ1v) is 21.7. The van der Waals surface area contributed by atoms with Crippen molar-refractivity contribution in [1.82, 2.24) is 4.57 Å². The number of hydrogen-bond donors (Lipinski definition) is 0. The Bertz CT molecular complexity index is 3540. The average molecular weight is 793 g/mol. The summed E-state index contributed by atoms with van der Waals surface area (Å²) in [6.07, 6.45) is 0. The Hall–Kier alpha value is -7.68. The minimum atomic E-state index is -0.129. The second kappa shape index (κ2) is 13.9. The van der Waals surface area contributed by atoms with E-state index in [1.807, 2.05) is 0 Å². The molecule has 0 spiro atoms. The largest absolute Gasteiger partial charge is 0.343 e. The fraction of sp³-hybridized carbons (Fsp3) is 0.0667. The van der Waals surface area contributed by atoms with Crippen molar-refractivity contribution in [1.29, 1.82) is 0 Å². The van der Waals surface area contributed by atoms with Crippen LogP contribution in [0, 0.1) is 0 Å². The molecule has 1 aliphatic carbocycles. The maximum absolute atomic E-state index is 2.46. The van der Waals surface area contributed by atoms with E-state index >= 15 is 0 Å². The van der Waals surface area contributed by atoms with Crippen molar-refractivity contribution < 1.29 is 0 Å². The molecular weight excluding hydrogens is 749 g/mol. The predicted octanol–water partition coefficient (Wildman–Crippen LogP) is 16.4. The lowest BCUT2D eigenvalue weighted by atomic mass is 9.82. The van der Waals surface area contributed by atoms with Gasteiger partial charge in [-0.1, -0.05) is 184 Å². The van der Waals surface area contributed by atoms with Gasteiger partial charge < -0.3 is 9.47 Å². The molecule has 0 aliphatic heterocycles. The number of hydrogen-bond acceptors (Lipinski definition) is 1. The molecule has 12 rings (SSSR count). The molecule has 0 saturated carbocycles. The van der Waals surface area contributed by atoms with E-state index in [1.54, 1.807) is 0 Å². The van der Waals surface area contributed by atoms with Gasteiger partial charge in [0.1, 0.15) is 0 Å². The molecule has 0 unspecified atom stereocenters. The third kappa shape index (κ3) is 5.50. The number of nitrogens with zero attached hydrogens (tertiary/aromatic N) is 2. The first-order valence-electron chi connectivity index (χ1n) is 21.7. The van der Waals surface area contributed by atoms with Gasteiger partial charge >= 0.3 is 0 Å². The second-order valence-electron chi connectivity index (χ2n) is 17.4. The zero-order chi connectivity index (χ0) is 41.5. The Morgan fingerprint density at radius 3 is 1.77 bits per heavy atom. The molecule has 294 valence electrons. The molecule has 2 nitrogen and oxygen atoms in total. The first-order chi connectivity index (χ1) is 30.4. The SMILES string of the molecule is Cn1c(-c2ccccc2)c(-c2ccccc2)c2c3ccc(N(c4ccc(-c5ccc6ccccc6c5)cc4)c4ccc5c(c4)C(C)(C)c4ccccc4-5)cc3c3ccccc3c21. The molecule has 0 N–H and O–H groups in total. The zero-order valence-electron chi connectivity index (χ0n) is 35.1. The van der Waals surface area contributed by atoms with E-state index in [9.17, 15) is 0 Å². The fourth-order valence-corrected chi connectivity index (χ4v) is 10.6. The van der Waals surface area contributed by atoms with Gasteiger partial charge in [-0.25, -0.2) is 0 Å². The van der Waals surface area contributed by atoms with Crippen LogP contribution in [0.25, 0.3) is 87.9 Å². The van der Waals surface area contributed by atoms with Gasteiger partial charge in [0.05, 0.1) is 11.2 Å². The van der Waals surface area contributed by atoms with E-state index in [0.717, 1.165) is 17.1 Å². The predicted molar refractivity (Wildman–Crippen MR) is 264 cm³/mol. The van der Waals surface area contributed by atoms with E-state index in [-0.39, 0.29) is 5.41 Å². The Balaban J connectivity index is 1.10. The van der Waals surface area contributed by atoms with Gasteiger partial charge in [0.25, 0.3) is 0 Å². The third-order valence-electron chi connectivity index (χ3n) is 13.5. The van der Waals surface area contributed by atoms with Crippen molar-refractivity contribution >= 4 is 60.3 Å². The molecule has 10 aromatic carbocycles. The highest BCUT2D eigenvalue weighted by Crippen LogP contribution is 2.52. The Kier molecular flexibility index (Phi) is 8.14. The topological polar surface area (TPSA) is 8.17 Å². The molecule has 0 bridgehead atoms. The van der Waals surface area contributed by atoms with Gasteiger partial charge in [-0.15, -0.1) is 0 Å². The third-order valence-corrected chi connectivity index (χ3v) is 13.5. The lowest BCUT2D eigenvalue weighted by molar-refractivity contribution is 0.660. The van der Waals surface area contributed by atoms with E-state index in [0.29, 0.717) is 0 Å². The van der Waals surface area contributed by atoms with Crippen LogP contribution in [0.1, 0.15) is 25.0 Å². The number of aryl methyl sites for hydroxylation is 1. The van der Waals surface area contributed by atoms with Crippen LogP contribution in [0.5, 0.6) is 0 Å². The van der Waals surface area contributed by atoms with E-state index in [4.69, 9.17) is 0 Å². The summed E-state index contributed by atoms with van der Waals surface area (Å²) in [7, 11) is 2.24. The normalized spacial score (nSPS) is 12.9. The highest BCUT2D eigenvalue weighted by Gasteiger charge is 2.36. The summed E-state index contributed by atoms with van der Waals surface area (Å²) in [4.78, 5) is 2.46. The quantitative estimate of drug-likeness (QED) is 0.152. The maximum atomic E-state index is 2.46. The number of rotatable bonds is 6. The van der Waals surface area contributed by atoms with Crippen molar-refractivity contribution in [3.63, 3.8) is 0 Å². The summed E-state index contributed by atoms with van der Waals surface area (Å²) in [5, 5.41) is 8.76. The van der Waals surface area contributed by atoms with Gasteiger partial charge in [-0.2, -0.15) is 0 Å². The summed E-state index contributed by atoms with van der Waals surface area (Å²) in [6, 6.07) is 78.4. The summed E-state index contributed by atoms with van der Waals surface area (Å²) in [5.41, 5.74) is 17.2. The van der Waals surface area contributed by atoms with Crippen molar-refractivity contribution in [2.24, 2.45) is 7.05 Å². The Labute approximate surface area is 362 Å². The minimum absolute atomic E-state index is 0.129. The van der Waals surface area contributed by atoms with Crippen LogP contribution in [0.3, 0.4) is 0 Å². The second-order valence-corrected chi connectivity index (χ2v) is 17.4. The fourth-order valence-electron chi connectivity index (χ4n) is 10.6. The molecule has 0 radical (unpaired) electrons. The number of benzene rings is 10. The van der Waals surface area contributed by atoms with Crippen molar-refractivity contribution in [3.05, 3.63) is 223 Å². The van der Waals surface area contributed by atoms with Crippen molar-refractivity contribution in [3.8, 4) is 44.6 Å². The zero-order valence-corrected chi connectivity index (χ0v) is 35.1. The lowest BCUT2D eigenvalue weighted by Crippen LogP contribution is -2.16. The highest BCUT2D eigenvalue weighted by atomic mass is 15.1. The molecule has 0 amide bonds. The maximum Gasteiger partial charge on any atom is 0.0575 e. The molecule has 1 heterocycles. The number of fused-ring (bicyclic) bond motifs is 10. The van der Waals surface area contributed by atoms with Crippen LogP contribution >= 0.6 is 0 Å². The molecule has 2 heteroatoms. The molecule has 0 atom stereocenters. The molecule has 62 heavy (non-hydrogen) atoms. The highest BCUT2D eigenvalue weighted by molar-refractivity contribution is 6.30. The molecule has 11 aromatic rings. The van der Waals surface area contributed by atoms with Crippen LogP contribution < -0.4 is 4.90 Å². The van der Waals surface area contributed by atoms with Crippen molar-refractivity contribution in [2.45, 2.75) is 19.3 Å². The summed E-state index contributed by atoms with van der Waals surface area (Å²) < 4.78 is 2.43. The van der Waals surface area contributed by atoms with Gasteiger partial charge in [0.2, 0.25) is 0 Å². The monoisotopic (exact) mass is 792 g/mol. The van der Waals surface area contributed by atoms with Crippen LogP contribution in [-0.4, -0.2) is 4.57 Å². The lowest BCUT2D eigenvalue weighted by Gasteiger charge is -2.28. The molecule has 1 aliphatic rings. The van der Waals surface area contributed by atoms with Gasteiger partial charge in [0.15, 0.2) is 0 Å². The van der Waals surface area contributed by atoms with Crippen LogP contribution in [0.2, 0.25) is 0 Å². The molecule has 1 aromatic heterocycles. The van der Waals surface area contributed by atoms with Crippen LogP contribution in [0.15, 0.2) is 212 Å². The summed E-state index contributed by atoms with van der Waals surface area (Å²) in [5.74, 6) is 0. The summed E-state index contributed by atoms with van der Waals surface area (Å²) in [6.45, 7) is 4.73. The van der Waals surface area contributed by atoms with Crippen molar-refractivity contribution in [2.75, 3.05) is 4.90 Å². The first kappa shape index (κ1) is 36.2. The average Bonchev–Trinajstić information content (AvgIpc) is 3.76. The van der Waals surface area contributed by atoms with E-state index in [1.165, 1.54) is 99.0 Å². The van der Waals surface area contributed by atoms with E-state index in [2.05, 4.69) is 243 Å². The van der Waals surface area contributed by atoms with Gasteiger partial charge in [-0.05, 0) is 114 Å². The Morgan fingerprint density at radius 2 is 0.984 bits per heavy atom. The smallest absolute Gasteiger partial charge is 0.0575 e. The minimum Gasteiger partial charge on any atom is -0.343 e. The van der Waals surface area contributed by atoms with E-state index < -0.39 is 0 Å². The molecule has 0 fully saturated rings. The number of anilines is 3. The summed E-state index contributed by atoms with van der Waals surface area (Å²) >= 11 is 0. The van der Waals surface area contributed by atoms with Gasteiger partial charge in [0, 0.05) is 45.9 Å². The Morgan fingerprint density at radius 1 is 0.387 bits per heavy atom. The number of aromatic nitrogens is 1. The van der Waals surface area contributed by atoms with Crippen LogP contribution in [-0.2, 0) is 12.5 Å². The molecular formula is C60H44N2. The standard InChI is InChI=1S/C60H44N2/c1-60(2)54-25-15-14-23-49(54)50-34-32-47(38-55(50)60)62(45-30-28-40(29-31-45)44-27-26-39-16-10-11-21-43(39)36-44)46-33-35-51-53(37-46)48-22-12-13-24-52(48)59-57(51)56(41-17-6-4-7-18-41)58(61(59)3)42-19-8-5-9-20-42/h4-38H,1-3H3. The van der Waals surface area contributed by atoms with Gasteiger partial charge in [-0.3, -0.25) is 0 Å².